The summed E-state index contributed by atoms with van der Waals surface area (Å²) in [7, 11) is 0. The van der Waals surface area contributed by atoms with Crippen LogP contribution in [0, 0.1) is 5.92 Å². The van der Waals surface area contributed by atoms with Crippen LogP contribution in [0.4, 0.5) is 5.82 Å². The van der Waals surface area contributed by atoms with Crippen molar-refractivity contribution in [3.05, 3.63) is 12.5 Å². The molecule has 2 aromatic heterocycles. The summed E-state index contributed by atoms with van der Waals surface area (Å²) in [5.74, 6) is 1.71. The highest BCUT2D eigenvalue weighted by molar-refractivity contribution is 5.86. The van der Waals surface area contributed by atoms with E-state index in [0.717, 1.165) is 42.2 Å². The van der Waals surface area contributed by atoms with Crippen LogP contribution in [0.25, 0.3) is 11.0 Å². The van der Waals surface area contributed by atoms with Gasteiger partial charge in [-0.1, -0.05) is 39.0 Å². The second kappa shape index (κ2) is 9.50. The Morgan fingerprint density at radius 3 is 2.88 bits per heavy atom. The molecule has 0 radical (unpaired) electrons. The Morgan fingerprint density at radius 2 is 2.08 bits per heavy atom. The molecular formula is C19H30N6O. The van der Waals surface area contributed by atoms with Gasteiger partial charge in [0.2, 0.25) is 5.91 Å². The van der Waals surface area contributed by atoms with Gasteiger partial charge >= 0.3 is 0 Å². The topological polar surface area (TPSA) is 84.7 Å². The van der Waals surface area contributed by atoms with Gasteiger partial charge in [0.1, 0.15) is 12.1 Å². The van der Waals surface area contributed by atoms with E-state index in [-0.39, 0.29) is 5.91 Å². The SMILES string of the molecule is CCCNc1ncnc2c1cnn2CCNC(=O)CCC1CCCCC1. The first-order valence-corrected chi connectivity index (χ1v) is 9.95. The van der Waals surface area contributed by atoms with Crippen LogP contribution in [-0.2, 0) is 11.3 Å². The summed E-state index contributed by atoms with van der Waals surface area (Å²) in [4.78, 5) is 20.7. The van der Waals surface area contributed by atoms with Gasteiger partial charge in [0.05, 0.1) is 18.1 Å². The van der Waals surface area contributed by atoms with Gasteiger partial charge in [-0.05, 0) is 18.8 Å². The van der Waals surface area contributed by atoms with E-state index in [4.69, 9.17) is 0 Å². The lowest BCUT2D eigenvalue weighted by atomic mass is 9.86. The predicted molar refractivity (Wildman–Crippen MR) is 103 cm³/mol. The molecule has 7 nitrogen and oxygen atoms in total. The first-order chi connectivity index (χ1) is 12.8. The summed E-state index contributed by atoms with van der Waals surface area (Å²) in [6.45, 7) is 4.17. The summed E-state index contributed by atoms with van der Waals surface area (Å²) < 4.78 is 1.83. The molecule has 2 heterocycles. The van der Waals surface area contributed by atoms with Crippen molar-refractivity contribution in [3.8, 4) is 0 Å². The van der Waals surface area contributed by atoms with Gasteiger partial charge in [-0.15, -0.1) is 0 Å². The van der Waals surface area contributed by atoms with Gasteiger partial charge in [-0.3, -0.25) is 4.79 Å². The molecule has 0 unspecified atom stereocenters. The molecule has 0 spiro atoms. The summed E-state index contributed by atoms with van der Waals surface area (Å²) >= 11 is 0. The number of carbonyl (C=O) groups excluding carboxylic acids is 1. The molecule has 1 saturated carbocycles. The Bertz CT molecular complexity index is 707. The third kappa shape index (κ3) is 4.93. The lowest BCUT2D eigenvalue weighted by Gasteiger charge is -2.20. The van der Waals surface area contributed by atoms with Crippen molar-refractivity contribution in [2.75, 3.05) is 18.4 Å². The minimum Gasteiger partial charge on any atom is -0.369 e. The minimum atomic E-state index is 0.145. The van der Waals surface area contributed by atoms with Crippen molar-refractivity contribution in [2.45, 2.75) is 64.8 Å². The van der Waals surface area contributed by atoms with E-state index < -0.39 is 0 Å². The zero-order valence-electron chi connectivity index (χ0n) is 15.7. The maximum Gasteiger partial charge on any atom is 0.220 e. The summed E-state index contributed by atoms with van der Waals surface area (Å²) in [6.07, 6.45) is 12.6. The van der Waals surface area contributed by atoms with Crippen LogP contribution in [0.5, 0.6) is 0 Å². The van der Waals surface area contributed by atoms with E-state index in [0.29, 0.717) is 19.5 Å². The Balaban J connectivity index is 1.46. The smallest absolute Gasteiger partial charge is 0.220 e. The largest absolute Gasteiger partial charge is 0.369 e. The number of hydrogen-bond donors (Lipinski definition) is 2. The first kappa shape index (κ1) is 18.6. The molecule has 2 aromatic rings. The van der Waals surface area contributed by atoms with E-state index in [9.17, 15) is 4.79 Å². The van der Waals surface area contributed by atoms with Gasteiger partial charge < -0.3 is 10.6 Å². The van der Waals surface area contributed by atoms with Gasteiger partial charge in [-0.25, -0.2) is 14.6 Å². The zero-order valence-corrected chi connectivity index (χ0v) is 15.7. The maximum atomic E-state index is 12.1. The molecule has 0 aromatic carbocycles. The highest BCUT2D eigenvalue weighted by Crippen LogP contribution is 2.27. The normalized spacial score (nSPS) is 15.3. The molecule has 1 fully saturated rings. The minimum absolute atomic E-state index is 0.145. The molecule has 3 rings (SSSR count). The predicted octanol–water partition coefficient (Wildman–Crippen LogP) is 3.12. The van der Waals surface area contributed by atoms with Crippen LogP contribution in [0.2, 0.25) is 0 Å². The third-order valence-corrected chi connectivity index (χ3v) is 5.13. The van der Waals surface area contributed by atoms with Crippen LogP contribution >= 0.6 is 0 Å². The van der Waals surface area contributed by atoms with Gasteiger partial charge in [-0.2, -0.15) is 5.10 Å². The molecule has 26 heavy (non-hydrogen) atoms. The molecule has 7 heteroatoms. The van der Waals surface area contributed by atoms with Gasteiger partial charge in [0, 0.05) is 19.5 Å². The lowest BCUT2D eigenvalue weighted by molar-refractivity contribution is -0.121. The van der Waals surface area contributed by atoms with E-state index in [1.165, 1.54) is 32.1 Å². The fourth-order valence-electron chi connectivity index (χ4n) is 3.64. The van der Waals surface area contributed by atoms with E-state index in [2.05, 4.69) is 32.6 Å². The Morgan fingerprint density at radius 1 is 1.23 bits per heavy atom. The zero-order chi connectivity index (χ0) is 18.2. The number of aromatic nitrogens is 4. The lowest BCUT2D eigenvalue weighted by Crippen LogP contribution is -2.28. The standard InChI is InChI=1S/C19H30N6O/c1-2-10-21-18-16-13-24-25(19(16)23-14-22-18)12-11-20-17(26)9-8-15-6-4-3-5-7-15/h13-15H,2-12H2,1H3,(H,20,26)(H,21,22,23). The highest BCUT2D eigenvalue weighted by atomic mass is 16.1. The number of nitrogens with zero attached hydrogens (tertiary/aromatic N) is 4. The van der Waals surface area contributed by atoms with E-state index >= 15 is 0 Å². The second-order valence-corrected chi connectivity index (χ2v) is 7.15. The van der Waals surface area contributed by atoms with Crippen LogP contribution in [-0.4, -0.2) is 38.7 Å². The molecule has 0 aliphatic heterocycles. The maximum absolute atomic E-state index is 12.1. The van der Waals surface area contributed by atoms with Crippen molar-refractivity contribution in [1.29, 1.82) is 0 Å². The van der Waals surface area contributed by atoms with Crippen molar-refractivity contribution in [1.82, 2.24) is 25.1 Å². The quantitative estimate of drug-likeness (QED) is 0.719. The fourth-order valence-corrected chi connectivity index (χ4v) is 3.64. The number of rotatable bonds is 9. The Kier molecular flexibility index (Phi) is 6.80. The van der Waals surface area contributed by atoms with Crippen molar-refractivity contribution >= 4 is 22.8 Å². The van der Waals surface area contributed by atoms with Crippen LogP contribution in [0.1, 0.15) is 58.3 Å². The van der Waals surface area contributed by atoms with Crippen LogP contribution < -0.4 is 10.6 Å². The number of anilines is 1. The van der Waals surface area contributed by atoms with E-state index in [1.807, 2.05) is 4.68 Å². The molecule has 142 valence electrons. The summed E-state index contributed by atoms with van der Waals surface area (Å²) in [6, 6.07) is 0. The summed E-state index contributed by atoms with van der Waals surface area (Å²) in [5, 5.41) is 11.6. The molecule has 1 aliphatic rings. The highest BCUT2D eigenvalue weighted by Gasteiger charge is 2.15. The Labute approximate surface area is 155 Å². The number of fused-ring (bicyclic) bond motifs is 1. The number of carbonyl (C=O) groups is 1. The number of amides is 1. The molecular weight excluding hydrogens is 328 g/mol. The number of hydrogen-bond acceptors (Lipinski definition) is 5. The van der Waals surface area contributed by atoms with Crippen LogP contribution in [0.15, 0.2) is 12.5 Å². The monoisotopic (exact) mass is 358 g/mol. The molecule has 0 bridgehead atoms. The van der Waals surface area contributed by atoms with E-state index in [1.54, 1.807) is 12.5 Å². The first-order valence-electron chi connectivity index (χ1n) is 9.95. The van der Waals surface area contributed by atoms with Crippen molar-refractivity contribution in [3.63, 3.8) is 0 Å². The average molecular weight is 358 g/mol. The fraction of sp³-hybridized carbons (Fsp3) is 0.684. The van der Waals surface area contributed by atoms with Crippen molar-refractivity contribution < 1.29 is 4.79 Å². The van der Waals surface area contributed by atoms with Crippen LogP contribution in [0.3, 0.4) is 0 Å². The van der Waals surface area contributed by atoms with Crippen molar-refractivity contribution in [2.24, 2.45) is 5.92 Å². The number of nitrogens with one attached hydrogen (secondary N) is 2. The molecule has 0 saturated heterocycles. The average Bonchev–Trinajstić information content (AvgIpc) is 3.09. The third-order valence-electron chi connectivity index (χ3n) is 5.13. The molecule has 0 atom stereocenters. The summed E-state index contributed by atoms with van der Waals surface area (Å²) in [5.41, 5.74) is 0.801. The molecule has 2 N–H and O–H groups in total. The van der Waals surface area contributed by atoms with Gasteiger partial charge in [0.25, 0.3) is 0 Å². The second-order valence-electron chi connectivity index (χ2n) is 7.15. The molecule has 1 aliphatic carbocycles. The van der Waals surface area contributed by atoms with Gasteiger partial charge in [0.15, 0.2) is 5.65 Å². The Hall–Kier alpha value is -2.18. The molecule has 1 amide bonds.